The highest BCUT2D eigenvalue weighted by molar-refractivity contribution is 5.81. The van der Waals surface area contributed by atoms with Crippen molar-refractivity contribution in [3.63, 3.8) is 0 Å². The maximum Gasteiger partial charge on any atom is 0.235 e. The Morgan fingerprint density at radius 2 is 1.79 bits per heavy atom. The third-order valence-electron chi connectivity index (χ3n) is 2.60. The van der Waals surface area contributed by atoms with E-state index in [4.69, 9.17) is 11.5 Å². The molecule has 0 heterocycles. The molecule has 1 amide bonds. The summed E-state index contributed by atoms with van der Waals surface area (Å²) in [5.74, 6) is -0.473. The van der Waals surface area contributed by atoms with Crippen LogP contribution in [0.3, 0.4) is 0 Å². The molecule has 3 nitrogen and oxygen atoms in total. The number of hydrogen-bond acceptors (Lipinski definition) is 2. The van der Waals surface area contributed by atoms with Crippen molar-refractivity contribution in [3.8, 4) is 0 Å². The lowest BCUT2D eigenvalue weighted by Gasteiger charge is -2.29. The zero-order valence-corrected chi connectivity index (χ0v) is 8.53. The van der Waals surface area contributed by atoms with Gasteiger partial charge in [0.05, 0.1) is 6.04 Å². The first kappa shape index (κ1) is 10.7. The molecule has 0 fully saturated rings. The van der Waals surface area contributed by atoms with Gasteiger partial charge in [-0.3, -0.25) is 4.79 Å². The van der Waals surface area contributed by atoms with Crippen molar-refractivity contribution in [2.75, 3.05) is 0 Å². The Morgan fingerprint density at radius 3 is 2.21 bits per heavy atom. The molecule has 0 saturated heterocycles. The van der Waals surface area contributed by atoms with Gasteiger partial charge in [0.1, 0.15) is 0 Å². The number of carbonyl (C=O) groups is 1. The van der Waals surface area contributed by atoms with Gasteiger partial charge in [0.15, 0.2) is 0 Å². The van der Waals surface area contributed by atoms with Gasteiger partial charge in [0.25, 0.3) is 0 Å². The smallest absolute Gasteiger partial charge is 0.235 e. The van der Waals surface area contributed by atoms with Gasteiger partial charge in [-0.1, -0.05) is 44.2 Å². The second-order valence-electron chi connectivity index (χ2n) is 3.97. The first-order chi connectivity index (χ1) is 6.46. The molecule has 0 aliphatic heterocycles. The van der Waals surface area contributed by atoms with Crippen molar-refractivity contribution in [1.29, 1.82) is 0 Å². The maximum absolute atomic E-state index is 11.0. The van der Waals surface area contributed by atoms with E-state index in [1.807, 2.05) is 44.2 Å². The van der Waals surface area contributed by atoms with E-state index in [2.05, 4.69) is 0 Å². The van der Waals surface area contributed by atoms with E-state index in [9.17, 15) is 4.79 Å². The Hall–Kier alpha value is -1.35. The lowest BCUT2D eigenvalue weighted by atomic mass is 9.78. The standard InChI is InChI=1S/C11H16N2O/c1-11(2,9(12)10(13)14)8-6-4-3-5-7-8/h3-7,9H,12H2,1-2H3,(H2,13,14)/t9-/m1/s1. The van der Waals surface area contributed by atoms with E-state index in [-0.39, 0.29) is 0 Å². The van der Waals surface area contributed by atoms with Gasteiger partial charge in [0, 0.05) is 5.41 Å². The first-order valence-corrected chi connectivity index (χ1v) is 4.56. The third-order valence-corrected chi connectivity index (χ3v) is 2.60. The molecular formula is C11H16N2O. The van der Waals surface area contributed by atoms with Crippen LogP contribution < -0.4 is 11.5 Å². The first-order valence-electron chi connectivity index (χ1n) is 4.56. The molecule has 14 heavy (non-hydrogen) atoms. The Morgan fingerprint density at radius 1 is 1.29 bits per heavy atom. The van der Waals surface area contributed by atoms with Crippen molar-refractivity contribution in [3.05, 3.63) is 35.9 Å². The lowest BCUT2D eigenvalue weighted by Crippen LogP contribution is -2.50. The van der Waals surface area contributed by atoms with Crippen LogP contribution in [0, 0.1) is 0 Å². The van der Waals surface area contributed by atoms with E-state index in [0.717, 1.165) is 5.56 Å². The molecule has 0 aliphatic carbocycles. The summed E-state index contributed by atoms with van der Waals surface area (Å²) < 4.78 is 0. The molecule has 0 aliphatic rings. The molecule has 0 spiro atoms. The normalized spacial score (nSPS) is 13.6. The highest BCUT2D eigenvalue weighted by Crippen LogP contribution is 2.25. The number of rotatable bonds is 3. The molecule has 0 saturated carbocycles. The fourth-order valence-corrected chi connectivity index (χ4v) is 1.40. The summed E-state index contributed by atoms with van der Waals surface area (Å²) in [4.78, 5) is 11.0. The average molecular weight is 192 g/mol. The molecule has 0 radical (unpaired) electrons. The summed E-state index contributed by atoms with van der Waals surface area (Å²) in [7, 11) is 0. The zero-order valence-electron chi connectivity index (χ0n) is 8.53. The minimum absolute atomic E-state index is 0.424. The molecule has 1 atom stereocenters. The minimum Gasteiger partial charge on any atom is -0.368 e. The predicted octanol–water partition coefficient (Wildman–Crippen LogP) is 0.777. The molecule has 1 aromatic carbocycles. The van der Waals surface area contributed by atoms with Gasteiger partial charge in [-0.2, -0.15) is 0 Å². The Kier molecular flexibility index (Phi) is 2.91. The highest BCUT2D eigenvalue weighted by atomic mass is 16.1. The summed E-state index contributed by atoms with van der Waals surface area (Å²) in [6, 6.07) is 9.00. The fraction of sp³-hybridized carbons (Fsp3) is 0.364. The highest BCUT2D eigenvalue weighted by Gasteiger charge is 2.31. The topological polar surface area (TPSA) is 69.1 Å². The van der Waals surface area contributed by atoms with Crippen molar-refractivity contribution < 1.29 is 4.79 Å². The second kappa shape index (κ2) is 3.80. The van der Waals surface area contributed by atoms with Crippen molar-refractivity contribution >= 4 is 5.91 Å². The lowest BCUT2D eigenvalue weighted by molar-refractivity contribution is -0.120. The van der Waals surface area contributed by atoms with Crippen molar-refractivity contribution in [2.45, 2.75) is 25.3 Å². The Labute approximate surface area is 84.1 Å². The van der Waals surface area contributed by atoms with Crippen LogP contribution in [0.15, 0.2) is 30.3 Å². The largest absolute Gasteiger partial charge is 0.368 e. The van der Waals surface area contributed by atoms with Gasteiger partial charge in [0.2, 0.25) is 5.91 Å². The van der Waals surface area contributed by atoms with Crippen LogP contribution in [0.1, 0.15) is 19.4 Å². The molecule has 0 unspecified atom stereocenters. The van der Waals surface area contributed by atoms with Crippen LogP contribution >= 0.6 is 0 Å². The van der Waals surface area contributed by atoms with Crippen molar-refractivity contribution in [2.24, 2.45) is 11.5 Å². The van der Waals surface area contributed by atoms with Crippen LogP contribution in [0.5, 0.6) is 0 Å². The van der Waals surface area contributed by atoms with Crippen LogP contribution in [0.25, 0.3) is 0 Å². The quantitative estimate of drug-likeness (QED) is 0.743. The van der Waals surface area contributed by atoms with Crippen LogP contribution in [-0.2, 0) is 10.2 Å². The van der Waals surface area contributed by atoms with Gasteiger partial charge in [-0.05, 0) is 5.56 Å². The van der Waals surface area contributed by atoms with Crippen molar-refractivity contribution in [1.82, 2.24) is 0 Å². The molecular weight excluding hydrogens is 176 g/mol. The number of hydrogen-bond donors (Lipinski definition) is 2. The number of amides is 1. The molecule has 0 aromatic heterocycles. The monoisotopic (exact) mass is 192 g/mol. The number of primary amides is 1. The number of carbonyl (C=O) groups excluding carboxylic acids is 1. The molecule has 1 aromatic rings. The molecule has 4 N–H and O–H groups in total. The molecule has 0 bridgehead atoms. The Bertz CT molecular complexity index is 319. The van der Waals surface area contributed by atoms with E-state index in [1.54, 1.807) is 0 Å². The number of benzene rings is 1. The SMILES string of the molecule is CC(C)(c1ccccc1)[C@H](N)C(N)=O. The van der Waals surface area contributed by atoms with Crippen LogP contribution in [0.2, 0.25) is 0 Å². The number of nitrogens with two attached hydrogens (primary N) is 2. The van der Waals surface area contributed by atoms with E-state index < -0.39 is 17.4 Å². The van der Waals surface area contributed by atoms with Gasteiger partial charge in [-0.15, -0.1) is 0 Å². The second-order valence-corrected chi connectivity index (χ2v) is 3.97. The van der Waals surface area contributed by atoms with Crippen LogP contribution in [-0.4, -0.2) is 11.9 Å². The van der Waals surface area contributed by atoms with E-state index in [0.29, 0.717) is 0 Å². The predicted molar refractivity (Wildman–Crippen MR) is 56.6 cm³/mol. The molecule has 1 rings (SSSR count). The van der Waals surface area contributed by atoms with Gasteiger partial charge >= 0.3 is 0 Å². The minimum atomic E-state index is -0.662. The van der Waals surface area contributed by atoms with E-state index in [1.165, 1.54) is 0 Å². The summed E-state index contributed by atoms with van der Waals surface area (Å²) in [5, 5.41) is 0. The van der Waals surface area contributed by atoms with Gasteiger partial charge < -0.3 is 11.5 Å². The summed E-state index contributed by atoms with van der Waals surface area (Å²) >= 11 is 0. The van der Waals surface area contributed by atoms with E-state index >= 15 is 0 Å². The maximum atomic E-state index is 11.0. The summed E-state index contributed by atoms with van der Waals surface area (Å²) in [6.45, 7) is 3.83. The molecule has 3 heteroatoms. The summed E-state index contributed by atoms with van der Waals surface area (Å²) in [6.07, 6.45) is 0. The average Bonchev–Trinajstić information content (AvgIpc) is 2.18. The van der Waals surface area contributed by atoms with Gasteiger partial charge in [-0.25, -0.2) is 0 Å². The summed E-state index contributed by atoms with van der Waals surface area (Å²) in [5.41, 5.74) is 11.5. The fourth-order valence-electron chi connectivity index (χ4n) is 1.40. The third kappa shape index (κ3) is 1.93. The van der Waals surface area contributed by atoms with Crippen LogP contribution in [0.4, 0.5) is 0 Å². The molecule has 76 valence electrons. The Balaban J connectivity index is 3.02. The zero-order chi connectivity index (χ0) is 10.8.